The quantitative estimate of drug-likeness (QED) is 0.780. The predicted octanol–water partition coefficient (Wildman–Crippen LogP) is 2.14. The molecule has 0 amide bonds. The van der Waals surface area contributed by atoms with Crippen molar-refractivity contribution >= 4 is 11.6 Å². The van der Waals surface area contributed by atoms with Gasteiger partial charge in [0.1, 0.15) is 5.69 Å². The summed E-state index contributed by atoms with van der Waals surface area (Å²) in [4.78, 5) is 8.58. The molecule has 108 valence electrons. The zero-order chi connectivity index (χ0) is 14.7. The fourth-order valence-corrected chi connectivity index (χ4v) is 2.21. The Morgan fingerprint density at radius 1 is 1.33 bits per heavy atom. The molecule has 7 heteroatoms. The Morgan fingerprint density at radius 3 is 3.05 bits per heavy atom. The van der Waals surface area contributed by atoms with E-state index >= 15 is 0 Å². The molecule has 3 aromatic rings. The Morgan fingerprint density at radius 2 is 2.24 bits per heavy atom. The van der Waals surface area contributed by atoms with Crippen molar-refractivity contribution in [1.29, 1.82) is 0 Å². The number of nitrogens with zero attached hydrogens (tertiary/aromatic N) is 4. The molecule has 0 aliphatic heterocycles. The molecule has 2 aromatic heterocycles. The molecular formula is C14H14ClN5O. The summed E-state index contributed by atoms with van der Waals surface area (Å²) in [5, 5.41) is 4.66. The number of hydrogen-bond acceptors (Lipinski definition) is 5. The standard InChI is InChI=1S/C14H14ClN5O/c15-11-3-1-2-10(6-11)7-13-18-14(21-19-13)12-8-20(5-4-16)9-17-12/h1-3,6,8-9H,4-5,7,16H2. The minimum Gasteiger partial charge on any atom is -0.335 e. The highest BCUT2D eigenvalue weighted by atomic mass is 35.5. The van der Waals surface area contributed by atoms with E-state index in [4.69, 9.17) is 21.9 Å². The third-order valence-corrected chi connectivity index (χ3v) is 3.19. The summed E-state index contributed by atoms with van der Waals surface area (Å²) < 4.78 is 7.13. The molecule has 2 N–H and O–H groups in total. The Bertz CT molecular complexity index is 736. The Kier molecular flexibility index (Phi) is 3.98. The predicted molar refractivity (Wildman–Crippen MR) is 78.8 cm³/mol. The van der Waals surface area contributed by atoms with Gasteiger partial charge in [0, 0.05) is 30.7 Å². The second-order valence-electron chi connectivity index (χ2n) is 4.61. The summed E-state index contributed by atoms with van der Waals surface area (Å²) in [6.07, 6.45) is 4.10. The summed E-state index contributed by atoms with van der Waals surface area (Å²) >= 11 is 5.96. The van der Waals surface area contributed by atoms with Crippen molar-refractivity contribution in [1.82, 2.24) is 19.7 Å². The van der Waals surface area contributed by atoms with Crippen molar-refractivity contribution in [3.8, 4) is 11.6 Å². The number of imidazole rings is 1. The first-order chi connectivity index (χ1) is 10.2. The van der Waals surface area contributed by atoms with E-state index in [0.29, 0.717) is 41.9 Å². The normalized spacial score (nSPS) is 11.0. The van der Waals surface area contributed by atoms with Gasteiger partial charge in [0.15, 0.2) is 5.82 Å². The van der Waals surface area contributed by atoms with E-state index < -0.39 is 0 Å². The molecule has 2 heterocycles. The lowest BCUT2D eigenvalue weighted by Gasteiger charge is -1.96. The van der Waals surface area contributed by atoms with Gasteiger partial charge in [0.05, 0.1) is 6.33 Å². The molecule has 0 aliphatic rings. The van der Waals surface area contributed by atoms with Crippen LogP contribution in [0.5, 0.6) is 0 Å². The van der Waals surface area contributed by atoms with Crippen LogP contribution in [0, 0.1) is 0 Å². The number of rotatable bonds is 5. The molecule has 0 aliphatic carbocycles. The van der Waals surface area contributed by atoms with Crippen LogP contribution in [0.2, 0.25) is 5.02 Å². The summed E-state index contributed by atoms with van der Waals surface area (Å²) in [5.74, 6) is 1.00. The topological polar surface area (TPSA) is 82.8 Å². The van der Waals surface area contributed by atoms with Crippen LogP contribution in [0.25, 0.3) is 11.6 Å². The second-order valence-corrected chi connectivity index (χ2v) is 5.04. The van der Waals surface area contributed by atoms with E-state index in [9.17, 15) is 0 Å². The number of benzene rings is 1. The van der Waals surface area contributed by atoms with E-state index in [1.807, 2.05) is 35.0 Å². The third kappa shape index (κ3) is 3.29. The Hall–Kier alpha value is -2.18. The monoisotopic (exact) mass is 303 g/mol. The number of aromatic nitrogens is 4. The van der Waals surface area contributed by atoms with Gasteiger partial charge in [-0.1, -0.05) is 28.9 Å². The Balaban J connectivity index is 1.76. The van der Waals surface area contributed by atoms with E-state index in [1.54, 1.807) is 6.33 Å². The minimum absolute atomic E-state index is 0.405. The maximum atomic E-state index is 5.96. The molecule has 0 bridgehead atoms. The zero-order valence-corrected chi connectivity index (χ0v) is 12.0. The lowest BCUT2D eigenvalue weighted by atomic mass is 10.1. The van der Waals surface area contributed by atoms with Crippen molar-refractivity contribution in [2.45, 2.75) is 13.0 Å². The molecule has 0 spiro atoms. The van der Waals surface area contributed by atoms with Crippen molar-refractivity contribution in [3.63, 3.8) is 0 Å². The first kappa shape index (κ1) is 13.8. The van der Waals surface area contributed by atoms with Crippen LogP contribution in [0.15, 0.2) is 41.3 Å². The summed E-state index contributed by atoms with van der Waals surface area (Å²) in [7, 11) is 0. The summed E-state index contributed by atoms with van der Waals surface area (Å²) in [5.41, 5.74) is 7.18. The minimum atomic E-state index is 0.405. The average Bonchev–Trinajstić information content (AvgIpc) is 3.08. The van der Waals surface area contributed by atoms with Crippen molar-refractivity contribution < 1.29 is 4.52 Å². The van der Waals surface area contributed by atoms with Crippen LogP contribution in [-0.4, -0.2) is 26.2 Å². The summed E-state index contributed by atoms with van der Waals surface area (Å²) in [6.45, 7) is 1.26. The van der Waals surface area contributed by atoms with E-state index in [1.165, 1.54) is 0 Å². The van der Waals surface area contributed by atoms with Crippen LogP contribution in [-0.2, 0) is 13.0 Å². The first-order valence-corrected chi connectivity index (χ1v) is 6.91. The molecule has 0 unspecified atom stereocenters. The maximum absolute atomic E-state index is 5.96. The molecule has 0 fully saturated rings. The lowest BCUT2D eigenvalue weighted by molar-refractivity contribution is 0.423. The van der Waals surface area contributed by atoms with Crippen molar-refractivity contribution in [2.24, 2.45) is 5.73 Å². The van der Waals surface area contributed by atoms with E-state index in [2.05, 4.69) is 15.1 Å². The van der Waals surface area contributed by atoms with E-state index in [-0.39, 0.29) is 0 Å². The number of hydrogen-bond donors (Lipinski definition) is 1. The van der Waals surface area contributed by atoms with Crippen molar-refractivity contribution in [2.75, 3.05) is 6.54 Å². The summed E-state index contributed by atoms with van der Waals surface area (Å²) in [6, 6.07) is 7.58. The molecule has 0 atom stereocenters. The van der Waals surface area contributed by atoms with Gasteiger partial charge in [-0.25, -0.2) is 4.98 Å². The van der Waals surface area contributed by atoms with E-state index in [0.717, 1.165) is 5.56 Å². The second kappa shape index (κ2) is 6.07. The lowest BCUT2D eigenvalue weighted by Crippen LogP contribution is -2.07. The molecule has 0 saturated carbocycles. The van der Waals surface area contributed by atoms with Crippen LogP contribution < -0.4 is 5.73 Å². The first-order valence-electron chi connectivity index (χ1n) is 6.54. The Labute approximate surface area is 126 Å². The third-order valence-electron chi connectivity index (χ3n) is 2.96. The van der Waals surface area contributed by atoms with Gasteiger partial charge in [-0.2, -0.15) is 4.98 Å². The molecule has 1 aromatic carbocycles. The SMILES string of the molecule is NCCn1cnc(-c2nc(Cc3cccc(Cl)c3)no2)c1. The van der Waals surface area contributed by atoms with Gasteiger partial charge in [-0.05, 0) is 17.7 Å². The highest BCUT2D eigenvalue weighted by Gasteiger charge is 2.12. The molecule has 0 radical (unpaired) electrons. The smallest absolute Gasteiger partial charge is 0.278 e. The van der Waals surface area contributed by atoms with Crippen molar-refractivity contribution in [3.05, 3.63) is 53.2 Å². The highest BCUT2D eigenvalue weighted by Crippen LogP contribution is 2.17. The molecule has 6 nitrogen and oxygen atoms in total. The van der Waals surface area contributed by atoms with Crippen LogP contribution in [0.3, 0.4) is 0 Å². The molecule has 21 heavy (non-hydrogen) atoms. The van der Waals surface area contributed by atoms with Gasteiger partial charge in [-0.15, -0.1) is 0 Å². The maximum Gasteiger partial charge on any atom is 0.278 e. The van der Waals surface area contributed by atoms with Gasteiger partial charge < -0.3 is 14.8 Å². The number of nitrogens with two attached hydrogens (primary N) is 1. The highest BCUT2D eigenvalue weighted by molar-refractivity contribution is 6.30. The molecule has 0 saturated heterocycles. The van der Waals surface area contributed by atoms with Crippen LogP contribution in [0.1, 0.15) is 11.4 Å². The van der Waals surface area contributed by atoms with Gasteiger partial charge >= 0.3 is 0 Å². The largest absolute Gasteiger partial charge is 0.335 e. The van der Waals surface area contributed by atoms with Crippen LogP contribution in [0.4, 0.5) is 0 Å². The van der Waals surface area contributed by atoms with Gasteiger partial charge in [0.2, 0.25) is 0 Å². The number of halogens is 1. The average molecular weight is 304 g/mol. The fourth-order valence-electron chi connectivity index (χ4n) is 2.00. The van der Waals surface area contributed by atoms with Gasteiger partial charge in [-0.3, -0.25) is 0 Å². The van der Waals surface area contributed by atoms with Crippen LogP contribution >= 0.6 is 11.6 Å². The molecule has 3 rings (SSSR count). The molecular weight excluding hydrogens is 290 g/mol. The fraction of sp³-hybridized carbons (Fsp3) is 0.214. The van der Waals surface area contributed by atoms with Gasteiger partial charge in [0.25, 0.3) is 5.89 Å². The zero-order valence-electron chi connectivity index (χ0n) is 11.2.